The van der Waals surface area contributed by atoms with Crippen LogP contribution in [0.5, 0.6) is 0 Å². The minimum atomic E-state index is 0.0435. The van der Waals surface area contributed by atoms with Gasteiger partial charge in [-0.2, -0.15) is 0 Å². The molecule has 0 fully saturated rings. The van der Waals surface area contributed by atoms with Gasteiger partial charge in [-0.15, -0.1) is 11.3 Å². The number of aryl methyl sites for hydroxylation is 1. The van der Waals surface area contributed by atoms with Gasteiger partial charge in [0.2, 0.25) is 5.91 Å². The molecule has 1 aromatic heterocycles. The van der Waals surface area contributed by atoms with Crippen LogP contribution in [0.25, 0.3) is 0 Å². The quantitative estimate of drug-likeness (QED) is 0.796. The van der Waals surface area contributed by atoms with Crippen LogP contribution in [-0.4, -0.2) is 24.0 Å². The highest BCUT2D eigenvalue weighted by Crippen LogP contribution is 2.18. The number of thiazole rings is 1. The van der Waals surface area contributed by atoms with Gasteiger partial charge in [0, 0.05) is 17.6 Å². The molecule has 0 aromatic carbocycles. The van der Waals surface area contributed by atoms with Crippen LogP contribution in [0.15, 0.2) is 6.20 Å². The Morgan fingerprint density at radius 3 is 2.94 bits per heavy atom. The smallest absolute Gasteiger partial charge is 0.233 e. The van der Waals surface area contributed by atoms with Crippen molar-refractivity contribution in [1.29, 1.82) is 0 Å². The lowest BCUT2D eigenvalue weighted by Crippen LogP contribution is -2.35. The van der Waals surface area contributed by atoms with E-state index >= 15 is 0 Å². The number of carbonyl (C=O) groups excluding carboxylic acids is 1. The Labute approximate surface area is 100 Å². The summed E-state index contributed by atoms with van der Waals surface area (Å²) >= 11 is 1.66. The number of carbonyl (C=O) groups is 1. The molecule has 1 unspecified atom stereocenters. The number of nitrogens with zero attached hydrogens (tertiary/aromatic N) is 1. The second kappa shape index (κ2) is 6.60. The topological polar surface area (TPSA) is 54.0 Å². The molecule has 0 aliphatic rings. The van der Waals surface area contributed by atoms with E-state index in [2.05, 4.69) is 15.6 Å². The zero-order chi connectivity index (χ0) is 12.0. The predicted molar refractivity (Wildman–Crippen MR) is 66.6 cm³/mol. The first-order valence-electron chi connectivity index (χ1n) is 5.56. The maximum atomic E-state index is 11.4. The van der Waals surface area contributed by atoms with E-state index in [-0.39, 0.29) is 11.9 Å². The van der Waals surface area contributed by atoms with Crippen molar-refractivity contribution in [2.75, 3.05) is 13.1 Å². The van der Waals surface area contributed by atoms with Crippen LogP contribution in [0.1, 0.15) is 36.2 Å². The van der Waals surface area contributed by atoms with Crippen molar-refractivity contribution in [3.05, 3.63) is 16.1 Å². The van der Waals surface area contributed by atoms with Crippen LogP contribution in [0.3, 0.4) is 0 Å². The molecule has 2 N–H and O–H groups in total. The van der Waals surface area contributed by atoms with Crippen LogP contribution in [0, 0.1) is 6.92 Å². The Bertz CT molecular complexity index is 338. The van der Waals surface area contributed by atoms with Crippen molar-refractivity contribution >= 4 is 17.2 Å². The van der Waals surface area contributed by atoms with Crippen molar-refractivity contribution in [3.63, 3.8) is 0 Å². The van der Waals surface area contributed by atoms with Gasteiger partial charge in [0.1, 0.15) is 5.01 Å². The summed E-state index contributed by atoms with van der Waals surface area (Å²) in [6.07, 6.45) is 2.82. The Hall–Kier alpha value is -0.940. The third-order valence-electron chi connectivity index (χ3n) is 2.15. The molecule has 90 valence electrons. The molecule has 0 saturated heterocycles. The lowest BCUT2D eigenvalue weighted by molar-refractivity contribution is -0.120. The van der Waals surface area contributed by atoms with E-state index in [1.165, 1.54) is 4.88 Å². The largest absolute Gasteiger partial charge is 0.355 e. The predicted octanol–water partition coefficient (Wildman–Crippen LogP) is 1.63. The van der Waals surface area contributed by atoms with Gasteiger partial charge >= 0.3 is 0 Å². The molecule has 0 radical (unpaired) electrons. The second-order valence-corrected chi connectivity index (χ2v) is 5.03. The molecule has 0 saturated carbocycles. The summed E-state index contributed by atoms with van der Waals surface area (Å²) in [6, 6.07) is 0.131. The second-order valence-electron chi connectivity index (χ2n) is 3.76. The maximum absolute atomic E-state index is 11.4. The number of hydrogen-bond donors (Lipinski definition) is 2. The molecule has 0 aliphatic carbocycles. The fourth-order valence-corrected chi connectivity index (χ4v) is 2.03. The fourth-order valence-electron chi connectivity index (χ4n) is 1.23. The van der Waals surface area contributed by atoms with Gasteiger partial charge in [-0.3, -0.25) is 10.1 Å². The number of nitrogens with one attached hydrogen (secondary N) is 2. The van der Waals surface area contributed by atoms with E-state index in [0.717, 1.165) is 18.0 Å². The Kier molecular flexibility index (Phi) is 5.42. The van der Waals surface area contributed by atoms with E-state index in [1.54, 1.807) is 11.3 Å². The molecule has 16 heavy (non-hydrogen) atoms. The van der Waals surface area contributed by atoms with E-state index in [4.69, 9.17) is 0 Å². The van der Waals surface area contributed by atoms with Crippen LogP contribution in [0.2, 0.25) is 0 Å². The SMILES string of the molecule is CCCNC(=O)CNC(C)c1ncc(C)s1. The first-order chi connectivity index (χ1) is 7.63. The highest BCUT2D eigenvalue weighted by atomic mass is 32.1. The summed E-state index contributed by atoms with van der Waals surface area (Å²) in [4.78, 5) is 16.8. The fraction of sp³-hybridized carbons (Fsp3) is 0.636. The first kappa shape index (κ1) is 13.1. The minimum absolute atomic E-state index is 0.0435. The third kappa shape index (κ3) is 4.28. The molecule has 0 bridgehead atoms. The molecular formula is C11H19N3OS. The molecular weight excluding hydrogens is 222 g/mol. The first-order valence-corrected chi connectivity index (χ1v) is 6.37. The minimum Gasteiger partial charge on any atom is -0.355 e. The van der Waals surface area contributed by atoms with Crippen molar-refractivity contribution in [2.24, 2.45) is 0 Å². The Balaban J connectivity index is 2.29. The monoisotopic (exact) mass is 241 g/mol. The number of aromatic nitrogens is 1. The van der Waals surface area contributed by atoms with E-state index in [1.807, 2.05) is 27.0 Å². The summed E-state index contributed by atoms with van der Waals surface area (Å²) in [5.74, 6) is 0.0435. The molecule has 1 aromatic rings. The standard InChI is InChI=1S/C11H19N3OS/c1-4-5-12-10(15)7-13-9(3)11-14-6-8(2)16-11/h6,9,13H,4-5,7H2,1-3H3,(H,12,15). The van der Waals surface area contributed by atoms with E-state index in [0.29, 0.717) is 6.54 Å². The molecule has 1 heterocycles. The van der Waals surface area contributed by atoms with Crippen LogP contribution in [-0.2, 0) is 4.79 Å². The average Bonchev–Trinajstić information content (AvgIpc) is 2.69. The van der Waals surface area contributed by atoms with Gasteiger partial charge in [-0.05, 0) is 20.3 Å². The highest BCUT2D eigenvalue weighted by molar-refractivity contribution is 7.11. The van der Waals surface area contributed by atoms with Crippen LogP contribution in [0.4, 0.5) is 0 Å². The van der Waals surface area contributed by atoms with Gasteiger partial charge in [0.25, 0.3) is 0 Å². The number of rotatable bonds is 6. The molecule has 1 amide bonds. The molecule has 0 spiro atoms. The summed E-state index contributed by atoms with van der Waals surface area (Å²) in [5.41, 5.74) is 0. The molecule has 4 nitrogen and oxygen atoms in total. The summed E-state index contributed by atoms with van der Waals surface area (Å²) in [5, 5.41) is 7.01. The lowest BCUT2D eigenvalue weighted by Gasteiger charge is -2.10. The van der Waals surface area contributed by atoms with Crippen molar-refractivity contribution in [1.82, 2.24) is 15.6 Å². The normalized spacial score (nSPS) is 12.4. The molecule has 0 aliphatic heterocycles. The summed E-state index contributed by atoms with van der Waals surface area (Å²) in [7, 11) is 0. The highest BCUT2D eigenvalue weighted by Gasteiger charge is 2.10. The van der Waals surface area contributed by atoms with Gasteiger partial charge in [0.05, 0.1) is 12.6 Å². The van der Waals surface area contributed by atoms with Crippen molar-refractivity contribution in [3.8, 4) is 0 Å². The van der Waals surface area contributed by atoms with E-state index in [9.17, 15) is 4.79 Å². The van der Waals surface area contributed by atoms with Gasteiger partial charge in [0.15, 0.2) is 0 Å². The number of amides is 1. The van der Waals surface area contributed by atoms with Crippen LogP contribution >= 0.6 is 11.3 Å². The van der Waals surface area contributed by atoms with Gasteiger partial charge in [-0.1, -0.05) is 6.92 Å². The van der Waals surface area contributed by atoms with Gasteiger partial charge < -0.3 is 5.32 Å². The third-order valence-corrected chi connectivity index (χ3v) is 3.25. The number of hydrogen-bond acceptors (Lipinski definition) is 4. The summed E-state index contributed by atoms with van der Waals surface area (Å²) in [6.45, 7) is 7.17. The van der Waals surface area contributed by atoms with Crippen molar-refractivity contribution < 1.29 is 4.79 Å². The van der Waals surface area contributed by atoms with Crippen LogP contribution < -0.4 is 10.6 Å². The maximum Gasteiger partial charge on any atom is 0.233 e. The lowest BCUT2D eigenvalue weighted by atomic mass is 10.3. The molecule has 5 heteroatoms. The Morgan fingerprint density at radius 2 is 2.38 bits per heavy atom. The van der Waals surface area contributed by atoms with Gasteiger partial charge in [-0.25, -0.2) is 4.98 Å². The van der Waals surface area contributed by atoms with Crippen molar-refractivity contribution in [2.45, 2.75) is 33.2 Å². The zero-order valence-electron chi connectivity index (χ0n) is 10.0. The zero-order valence-corrected chi connectivity index (χ0v) is 10.9. The average molecular weight is 241 g/mol. The molecule has 1 rings (SSSR count). The van der Waals surface area contributed by atoms with E-state index < -0.39 is 0 Å². The Morgan fingerprint density at radius 1 is 1.62 bits per heavy atom. The summed E-state index contributed by atoms with van der Waals surface area (Å²) < 4.78 is 0. The molecule has 1 atom stereocenters.